The maximum absolute atomic E-state index is 14.2. The lowest BCUT2D eigenvalue weighted by molar-refractivity contribution is 0.275. The van der Waals surface area contributed by atoms with E-state index in [2.05, 4.69) is 9.98 Å². The molecule has 0 unspecified atom stereocenters. The average Bonchev–Trinajstić information content (AvgIpc) is 3.37. The van der Waals surface area contributed by atoms with Gasteiger partial charge < -0.3 is 30.4 Å². The van der Waals surface area contributed by atoms with Gasteiger partial charge in [0, 0.05) is 0 Å². The first-order chi connectivity index (χ1) is 16.4. The summed E-state index contributed by atoms with van der Waals surface area (Å²) in [5.74, 6) is 0.549. The van der Waals surface area contributed by atoms with E-state index in [1.807, 2.05) is 13.8 Å². The molecule has 2 aromatic rings. The second kappa shape index (κ2) is 11.0. The van der Waals surface area contributed by atoms with E-state index in [0.717, 1.165) is 11.1 Å². The van der Waals surface area contributed by atoms with Crippen molar-refractivity contribution in [3.05, 3.63) is 46.0 Å². The fourth-order valence-electron chi connectivity index (χ4n) is 3.70. The average molecular weight is 477 g/mol. The molecule has 0 fully saturated rings. The summed E-state index contributed by atoms with van der Waals surface area (Å²) in [6.07, 6.45) is 0. The first-order valence-corrected chi connectivity index (χ1v) is 11.2. The fraction of sp³-hybridized carbons (Fsp3) is 0.417. The van der Waals surface area contributed by atoms with Crippen molar-refractivity contribution in [3.8, 4) is 23.0 Å². The third-order valence-electron chi connectivity index (χ3n) is 5.07. The topological polar surface area (TPSA) is 114 Å². The molecule has 0 amide bonds. The molecular formula is C24H30F2N4O4. The van der Waals surface area contributed by atoms with Crippen molar-refractivity contribution in [1.29, 1.82) is 0 Å². The van der Waals surface area contributed by atoms with Crippen molar-refractivity contribution in [1.82, 2.24) is 0 Å². The number of benzene rings is 2. The Balaban J connectivity index is 0.000000191. The van der Waals surface area contributed by atoms with Crippen molar-refractivity contribution in [2.24, 2.45) is 21.5 Å². The number of nitrogens with zero attached hydrogens (tertiary/aromatic N) is 2. The van der Waals surface area contributed by atoms with Gasteiger partial charge in [-0.2, -0.15) is 0 Å². The lowest BCUT2D eigenvalue weighted by atomic mass is 10.1. The van der Waals surface area contributed by atoms with Crippen LogP contribution in [0.1, 0.15) is 49.9 Å². The van der Waals surface area contributed by atoms with E-state index in [-0.39, 0.29) is 23.2 Å². The zero-order chi connectivity index (χ0) is 24.8. The van der Waals surface area contributed by atoms with Crippen LogP contribution in [0.2, 0.25) is 0 Å². The van der Waals surface area contributed by atoms with Crippen LogP contribution in [0.5, 0.6) is 23.0 Å². The number of amidine groups is 2. The second-order valence-corrected chi connectivity index (χ2v) is 7.24. The third-order valence-corrected chi connectivity index (χ3v) is 5.07. The van der Waals surface area contributed by atoms with E-state index < -0.39 is 11.6 Å². The van der Waals surface area contributed by atoms with Gasteiger partial charge in [0.2, 0.25) is 0 Å². The van der Waals surface area contributed by atoms with Crippen LogP contribution in [0.15, 0.2) is 22.1 Å². The summed E-state index contributed by atoms with van der Waals surface area (Å²) in [6, 6.07) is 3.49. The molecule has 0 saturated carbocycles. The van der Waals surface area contributed by atoms with Crippen LogP contribution in [0.4, 0.5) is 8.78 Å². The fourth-order valence-corrected chi connectivity index (χ4v) is 3.70. The van der Waals surface area contributed by atoms with Gasteiger partial charge in [0.25, 0.3) is 0 Å². The Labute approximate surface area is 197 Å². The number of fused-ring (bicyclic) bond motifs is 2. The number of hydrogen-bond acceptors (Lipinski definition) is 8. The van der Waals surface area contributed by atoms with Crippen LogP contribution < -0.4 is 30.4 Å². The molecule has 184 valence electrons. The van der Waals surface area contributed by atoms with Crippen molar-refractivity contribution in [2.45, 2.75) is 40.8 Å². The summed E-state index contributed by atoms with van der Waals surface area (Å²) in [5.41, 5.74) is 13.5. The highest BCUT2D eigenvalue weighted by molar-refractivity contribution is 6.02. The molecule has 4 N–H and O–H groups in total. The number of rotatable bonds is 8. The van der Waals surface area contributed by atoms with Gasteiger partial charge in [-0.15, -0.1) is 0 Å². The zero-order valence-electron chi connectivity index (χ0n) is 19.8. The maximum Gasteiger partial charge on any atom is 0.197 e. The van der Waals surface area contributed by atoms with Gasteiger partial charge in [0.05, 0.1) is 50.6 Å². The van der Waals surface area contributed by atoms with Crippen molar-refractivity contribution in [2.75, 3.05) is 26.4 Å². The standard InChI is InChI=1S/2C12H15FN2O2/c2*1-3-16-8-5-7-6-15-12(14)9(7)10(13)11(8)17-4-2/h2*5H,3-4,6H2,1-2H3,(H2,14,15). The molecule has 0 bridgehead atoms. The van der Waals surface area contributed by atoms with Crippen molar-refractivity contribution >= 4 is 11.7 Å². The summed E-state index contributed by atoms with van der Waals surface area (Å²) >= 11 is 0. The van der Waals surface area contributed by atoms with Crippen molar-refractivity contribution in [3.63, 3.8) is 0 Å². The summed E-state index contributed by atoms with van der Waals surface area (Å²) < 4.78 is 49.8. The van der Waals surface area contributed by atoms with Crippen LogP contribution in [-0.4, -0.2) is 38.1 Å². The minimum atomic E-state index is -0.480. The lowest BCUT2D eigenvalue weighted by Gasteiger charge is -2.14. The number of hydrogen-bond donors (Lipinski definition) is 2. The Morgan fingerprint density at radius 1 is 0.676 bits per heavy atom. The smallest absolute Gasteiger partial charge is 0.197 e. The van der Waals surface area contributed by atoms with Gasteiger partial charge in [-0.3, -0.25) is 9.98 Å². The first-order valence-electron chi connectivity index (χ1n) is 11.2. The predicted octanol–water partition coefficient (Wildman–Crippen LogP) is 3.68. The molecule has 34 heavy (non-hydrogen) atoms. The molecule has 8 nitrogen and oxygen atoms in total. The zero-order valence-corrected chi connectivity index (χ0v) is 19.8. The highest BCUT2D eigenvalue weighted by atomic mass is 19.1. The molecule has 0 aliphatic carbocycles. The summed E-state index contributed by atoms with van der Waals surface area (Å²) in [5, 5.41) is 0. The minimum Gasteiger partial charge on any atom is -0.490 e. The normalized spacial score (nSPS) is 13.2. The van der Waals surface area contributed by atoms with Gasteiger partial charge >= 0.3 is 0 Å². The molecule has 2 heterocycles. The lowest BCUT2D eigenvalue weighted by Crippen LogP contribution is -2.14. The SMILES string of the molecule is CCOc1cc2c(c(F)c1OCC)C(N)=NC2.CCOc1cc2c(c(F)c1OCC)C(N)=NC2. The number of ether oxygens (including phenoxy) is 4. The number of halogens is 2. The van der Waals surface area contributed by atoms with Crippen LogP contribution in [-0.2, 0) is 13.1 Å². The van der Waals surface area contributed by atoms with E-state index in [1.54, 1.807) is 26.0 Å². The number of nitrogens with two attached hydrogens (primary N) is 2. The van der Waals surface area contributed by atoms with Gasteiger partial charge in [-0.1, -0.05) is 0 Å². The molecule has 10 heteroatoms. The van der Waals surface area contributed by atoms with E-state index in [9.17, 15) is 8.78 Å². The van der Waals surface area contributed by atoms with Gasteiger partial charge in [-0.25, -0.2) is 8.78 Å². The quantitative estimate of drug-likeness (QED) is 0.601. The van der Waals surface area contributed by atoms with Crippen LogP contribution in [0.3, 0.4) is 0 Å². The molecule has 4 rings (SSSR count). The Bertz CT molecular complexity index is 1030. The molecule has 0 aromatic heterocycles. The predicted molar refractivity (Wildman–Crippen MR) is 126 cm³/mol. The monoisotopic (exact) mass is 476 g/mol. The molecule has 2 aliphatic heterocycles. The molecule has 0 spiro atoms. The second-order valence-electron chi connectivity index (χ2n) is 7.24. The Hall–Kier alpha value is -3.56. The summed E-state index contributed by atoms with van der Waals surface area (Å²) in [6.45, 7) is 9.69. The largest absolute Gasteiger partial charge is 0.490 e. The Morgan fingerprint density at radius 2 is 1.03 bits per heavy atom. The van der Waals surface area contributed by atoms with Gasteiger partial charge in [0.1, 0.15) is 11.7 Å². The first kappa shape index (κ1) is 25.1. The molecule has 0 radical (unpaired) electrons. The van der Waals surface area contributed by atoms with E-state index in [1.165, 1.54) is 0 Å². The Morgan fingerprint density at radius 3 is 1.35 bits per heavy atom. The van der Waals surface area contributed by atoms with Crippen LogP contribution in [0, 0.1) is 11.6 Å². The highest BCUT2D eigenvalue weighted by Gasteiger charge is 2.26. The highest BCUT2D eigenvalue weighted by Crippen LogP contribution is 2.38. The molecule has 0 atom stereocenters. The van der Waals surface area contributed by atoms with Crippen molar-refractivity contribution < 1.29 is 27.7 Å². The van der Waals surface area contributed by atoms with Gasteiger partial charge in [0.15, 0.2) is 34.6 Å². The third kappa shape index (κ3) is 4.85. The van der Waals surface area contributed by atoms with E-state index in [4.69, 9.17) is 30.4 Å². The van der Waals surface area contributed by atoms with E-state index >= 15 is 0 Å². The summed E-state index contributed by atoms with van der Waals surface area (Å²) in [7, 11) is 0. The van der Waals surface area contributed by atoms with Crippen LogP contribution in [0.25, 0.3) is 0 Å². The van der Waals surface area contributed by atoms with E-state index in [0.29, 0.717) is 62.1 Å². The summed E-state index contributed by atoms with van der Waals surface area (Å²) in [4.78, 5) is 8.02. The molecule has 0 saturated heterocycles. The maximum atomic E-state index is 14.2. The van der Waals surface area contributed by atoms with Crippen LogP contribution >= 0.6 is 0 Å². The number of aliphatic imine (C=N–C) groups is 2. The minimum absolute atomic E-state index is 0.119. The molecular weight excluding hydrogens is 446 g/mol. The van der Waals surface area contributed by atoms with Gasteiger partial charge in [-0.05, 0) is 51.0 Å². The molecule has 2 aromatic carbocycles. The Kier molecular flexibility index (Phi) is 8.14. The molecule has 2 aliphatic rings.